The fourth-order valence-corrected chi connectivity index (χ4v) is 1.85. The summed E-state index contributed by atoms with van der Waals surface area (Å²) in [7, 11) is 0. The van der Waals surface area contributed by atoms with Crippen molar-refractivity contribution in [1.29, 1.82) is 0 Å². The van der Waals surface area contributed by atoms with Gasteiger partial charge in [-0.05, 0) is 53.1 Å². The third-order valence-corrected chi connectivity index (χ3v) is 3.56. The molecule has 1 aromatic rings. The molecule has 2 rings (SSSR count). The molecule has 0 bridgehead atoms. The zero-order valence-electron chi connectivity index (χ0n) is 7.06. The van der Waals surface area contributed by atoms with E-state index in [1.807, 2.05) is 28.7 Å². The Labute approximate surface area is 90.1 Å². The van der Waals surface area contributed by atoms with Gasteiger partial charge >= 0.3 is 0 Å². The summed E-state index contributed by atoms with van der Waals surface area (Å²) in [4.78, 5) is 0. The summed E-state index contributed by atoms with van der Waals surface area (Å²) in [5.41, 5.74) is 0.818. The molecule has 1 aromatic carbocycles. The molecule has 1 saturated carbocycles. The van der Waals surface area contributed by atoms with E-state index in [9.17, 15) is 4.39 Å². The highest BCUT2D eigenvalue weighted by Crippen LogP contribution is 2.47. The first-order chi connectivity index (χ1) is 6.18. The van der Waals surface area contributed by atoms with E-state index < -0.39 is 0 Å². The zero-order chi connectivity index (χ0) is 9.47. The second-order valence-electron chi connectivity index (χ2n) is 3.57. The van der Waals surface area contributed by atoms with Gasteiger partial charge in [0.2, 0.25) is 0 Å². The fraction of sp³-hybridized carbons (Fsp3) is 0.400. The minimum Gasteiger partial charge on any atom is -0.395 e. The molecule has 0 aromatic heterocycles. The van der Waals surface area contributed by atoms with Gasteiger partial charge in [0.25, 0.3) is 0 Å². The Morgan fingerprint density at radius 1 is 1.46 bits per heavy atom. The molecule has 70 valence electrons. The average Bonchev–Trinajstić information content (AvgIpc) is 2.90. The van der Waals surface area contributed by atoms with Crippen LogP contribution in [0.3, 0.4) is 0 Å². The van der Waals surface area contributed by atoms with Crippen molar-refractivity contribution in [2.24, 2.45) is 0 Å². The highest BCUT2D eigenvalue weighted by Gasteiger charge is 2.43. The van der Waals surface area contributed by atoms with Gasteiger partial charge in [-0.2, -0.15) is 0 Å². The number of hydrogen-bond acceptors (Lipinski definition) is 1. The molecule has 1 fully saturated rings. The van der Waals surface area contributed by atoms with E-state index in [1.54, 1.807) is 12.1 Å². The summed E-state index contributed by atoms with van der Waals surface area (Å²) in [6, 6.07) is 5.22. The van der Waals surface area contributed by atoms with Gasteiger partial charge in [0.15, 0.2) is 0 Å². The number of halogens is 2. The van der Waals surface area contributed by atoms with E-state index in [0.29, 0.717) is 3.57 Å². The van der Waals surface area contributed by atoms with Gasteiger partial charge in [-0.3, -0.25) is 0 Å². The first-order valence-corrected chi connectivity index (χ1v) is 5.32. The summed E-state index contributed by atoms with van der Waals surface area (Å²) < 4.78 is 13.8. The van der Waals surface area contributed by atoms with Crippen molar-refractivity contribution in [3.8, 4) is 0 Å². The Kier molecular flexibility index (Phi) is 2.32. The lowest BCUT2D eigenvalue weighted by atomic mass is 9.97. The summed E-state index contributed by atoms with van der Waals surface area (Å²) in [5.74, 6) is -0.183. The molecule has 0 aliphatic heterocycles. The molecule has 1 N–H and O–H groups in total. The van der Waals surface area contributed by atoms with Gasteiger partial charge in [0.1, 0.15) is 5.82 Å². The molecule has 1 nitrogen and oxygen atoms in total. The number of aliphatic hydroxyl groups is 1. The lowest BCUT2D eigenvalue weighted by molar-refractivity contribution is 0.255. The van der Waals surface area contributed by atoms with E-state index >= 15 is 0 Å². The Balaban J connectivity index is 2.37. The van der Waals surface area contributed by atoms with Crippen LogP contribution in [0.5, 0.6) is 0 Å². The molecule has 0 unspecified atom stereocenters. The molecule has 0 atom stereocenters. The van der Waals surface area contributed by atoms with Crippen LogP contribution in [0.25, 0.3) is 0 Å². The van der Waals surface area contributed by atoms with Crippen molar-refractivity contribution < 1.29 is 9.50 Å². The second kappa shape index (κ2) is 3.20. The predicted molar refractivity (Wildman–Crippen MR) is 57.1 cm³/mol. The molecular weight excluding hydrogens is 282 g/mol. The lowest BCUT2D eigenvalue weighted by Crippen LogP contribution is -2.12. The van der Waals surface area contributed by atoms with Crippen LogP contribution in [0.1, 0.15) is 18.4 Å². The molecule has 0 heterocycles. The van der Waals surface area contributed by atoms with Crippen molar-refractivity contribution in [3.05, 3.63) is 33.1 Å². The topological polar surface area (TPSA) is 20.2 Å². The van der Waals surface area contributed by atoms with Crippen LogP contribution in [-0.4, -0.2) is 11.7 Å². The molecule has 3 heteroatoms. The maximum atomic E-state index is 13.2. The number of benzene rings is 1. The molecule has 0 saturated heterocycles. The smallest absolute Gasteiger partial charge is 0.136 e. The molecule has 1 aliphatic rings. The van der Waals surface area contributed by atoms with Crippen molar-refractivity contribution in [1.82, 2.24) is 0 Å². The first kappa shape index (κ1) is 9.40. The van der Waals surface area contributed by atoms with E-state index in [1.165, 1.54) is 0 Å². The van der Waals surface area contributed by atoms with E-state index in [-0.39, 0.29) is 17.8 Å². The molecular formula is C10H10FIO. The number of aliphatic hydroxyl groups excluding tert-OH is 1. The van der Waals surface area contributed by atoms with Crippen LogP contribution >= 0.6 is 22.6 Å². The first-order valence-electron chi connectivity index (χ1n) is 4.24. The van der Waals surface area contributed by atoms with Crippen LogP contribution in [0.4, 0.5) is 4.39 Å². The van der Waals surface area contributed by atoms with Crippen molar-refractivity contribution in [2.45, 2.75) is 18.3 Å². The minimum atomic E-state index is -0.183. The van der Waals surface area contributed by atoms with Crippen LogP contribution < -0.4 is 0 Å². The molecule has 13 heavy (non-hydrogen) atoms. The maximum absolute atomic E-state index is 13.2. The average molecular weight is 292 g/mol. The Bertz CT molecular complexity index is 334. The van der Waals surface area contributed by atoms with Gasteiger partial charge in [-0.1, -0.05) is 6.07 Å². The third kappa shape index (κ3) is 1.59. The largest absolute Gasteiger partial charge is 0.395 e. The maximum Gasteiger partial charge on any atom is 0.136 e. The number of hydrogen-bond donors (Lipinski definition) is 1. The lowest BCUT2D eigenvalue weighted by Gasteiger charge is -2.11. The Morgan fingerprint density at radius 3 is 2.62 bits per heavy atom. The molecule has 0 spiro atoms. The van der Waals surface area contributed by atoms with Crippen LogP contribution in [0.15, 0.2) is 18.2 Å². The Hall–Kier alpha value is -0.160. The summed E-state index contributed by atoms with van der Waals surface area (Å²) in [5, 5.41) is 9.15. The SMILES string of the molecule is OCC1(c2ccc(I)c(F)c2)CC1. The highest BCUT2D eigenvalue weighted by molar-refractivity contribution is 14.1. The van der Waals surface area contributed by atoms with Crippen molar-refractivity contribution in [2.75, 3.05) is 6.61 Å². The molecule has 1 aliphatic carbocycles. The second-order valence-corrected chi connectivity index (χ2v) is 4.73. The van der Waals surface area contributed by atoms with Crippen molar-refractivity contribution in [3.63, 3.8) is 0 Å². The van der Waals surface area contributed by atoms with E-state index in [0.717, 1.165) is 18.4 Å². The minimum absolute atomic E-state index is 0.120. The number of rotatable bonds is 2. The van der Waals surface area contributed by atoms with Gasteiger partial charge in [0.05, 0.1) is 6.61 Å². The quantitative estimate of drug-likeness (QED) is 0.830. The molecule has 0 amide bonds. The van der Waals surface area contributed by atoms with E-state index in [4.69, 9.17) is 5.11 Å². The fourth-order valence-electron chi connectivity index (χ4n) is 1.51. The van der Waals surface area contributed by atoms with Crippen LogP contribution in [0.2, 0.25) is 0 Å². The molecule has 0 radical (unpaired) electrons. The van der Waals surface area contributed by atoms with Crippen LogP contribution in [-0.2, 0) is 5.41 Å². The van der Waals surface area contributed by atoms with Crippen LogP contribution in [0, 0.1) is 9.39 Å². The van der Waals surface area contributed by atoms with E-state index in [2.05, 4.69) is 0 Å². The monoisotopic (exact) mass is 292 g/mol. The summed E-state index contributed by atoms with van der Waals surface area (Å²) in [6.07, 6.45) is 1.95. The normalized spacial score (nSPS) is 18.7. The third-order valence-electron chi connectivity index (χ3n) is 2.69. The zero-order valence-corrected chi connectivity index (χ0v) is 9.21. The van der Waals surface area contributed by atoms with Crippen molar-refractivity contribution >= 4 is 22.6 Å². The van der Waals surface area contributed by atoms with Gasteiger partial charge in [-0.25, -0.2) is 4.39 Å². The van der Waals surface area contributed by atoms with Gasteiger partial charge in [-0.15, -0.1) is 0 Å². The summed E-state index contributed by atoms with van der Waals surface area (Å²) in [6.45, 7) is 0.132. The predicted octanol–water partition coefficient (Wildman–Crippen LogP) is 2.45. The van der Waals surface area contributed by atoms with Gasteiger partial charge in [0, 0.05) is 8.99 Å². The summed E-state index contributed by atoms with van der Waals surface area (Å²) >= 11 is 1.96. The highest BCUT2D eigenvalue weighted by atomic mass is 127. The standard InChI is InChI=1S/C10H10FIO/c11-8-5-7(1-2-9(8)12)10(6-13)3-4-10/h1-2,5,13H,3-4,6H2. The Morgan fingerprint density at radius 2 is 2.15 bits per heavy atom. The van der Waals surface area contributed by atoms with Gasteiger partial charge < -0.3 is 5.11 Å².